The van der Waals surface area contributed by atoms with E-state index in [-0.39, 0.29) is 6.04 Å². The van der Waals surface area contributed by atoms with Crippen LogP contribution < -0.4 is 10.6 Å². The third kappa shape index (κ3) is 4.27. The van der Waals surface area contributed by atoms with Gasteiger partial charge in [-0.3, -0.25) is 0 Å². The van der Waals surface area contributed by atoms with Gasteiger partial charge in [-0.15, -0.1) is 0 Å². The Morgan fingerprint density at radius 3 is 2.22 bits per heavy atom. The molecule has 5 rings (SSSR count). The summed E-state index contributed by atoms with van der Waals surface area (Å²) in [7, 11) is 0. The monoisotopic (exact) mass is 461 g/mol. The minimum absolute atomic E-state index is 0.275. The van der Waals surface area contributed by atoms with Crippen molar-refractivity contribution in [1.29, 1.82) is 0 Å². The highest BCUT2D eigenvalue weighted by Crippen LogP contribution is 2.52. The van der Waals surface area contributed by atoms with Crippen molar-refractivity contribution in [3.63, 3.8) is 0 Å². The van der Waals surface area contributed by atoms with Crippen molar-refractivity contribution in [3.8, 4) is 0 Å². The molecule has 1 aliphatic carbocycles. The van der Waals surface area contributed by atoms with Gasteiger partial charge in [-0.1, -0.05) is 30.7 Å². The van der Waals surface area contributed by atoms with E-state index in [0.717, 1.165) is 48.7 Å². The predicted octanol–water partition coefficient (Wildman–Crippen LogP) is 6.39. The summed E-state index contributed by atoms with van der Waals surface area (Å²) < 4.78 is 40.4. The zero-order valence-electron chi connectivity index (χ0n) is 18.2. The highest BCUT2D eigenvalue weighted by Gasteiger charge is 2.36. The van der Waals surface area contributed by atoms with Crippen LogP contribution >= 0.6 is 11.8 Å². The average molecular weight is 462 g/mol. The third-order valence-electron chi connectivity index (χ3n) is 7.20. The number of hydrogen-bond acceptors (Lipinski definition) is 4. The molecule has 2 aliphatic heterocycles. The van der Waals surface area contributed by atoms with E-state index < -0.39 is 11.7 Å². The van der Waals surface area contributed by atoms with Crippen molar-refractivity contribution in [2.45, 2.75) is 66.5 Å². The summed E-state index contributed by atoms with van der Waals surface area (Å²) in [6.45, 7) is 3.49. The molecule has 3 nitrogen and oxygen atoms in total. The Morgan fingerprint density at radius 1 is 0.906 bits per heavy atom. The van der Waals surface area contributed by atoms with Crippen LogP contribution in [0.1, 0.15) is 55.6 Å². The topological polar surface area (TPSA) is 32.5 Å². The number of fused-ring (bicyclic) bond motifs is 2. The first-order chi connectivity index (χ1) is 15.4. The van der Waals surface area contributed by atoms with E-state index in [4.69, 9.17) is 5.73 Å². The molecule has 0 spiro atoms. The van der Waals surface area contributed by atoms with Crippen LogP contribution in [-0.4, -0.2) is 37.1 Å². The number of benzene rings is 2. The maximum atomic E-state index is 13.5. The van der Waals surface area contributed by atoms with E-state index in [1.807, 2.05) is 0 Å². The minimum Gasteiger partial charge on any atom is -0.336 e. The lowest BCUT2D eigenvalue weighted by atomic mass is 9.96. The van der Waals surface area contributed by atoms with Crippen molar-refractivity contribution in [2.24, 2.45) is 5.73 Å². The zero-order valence-corrected chi connectivity index (χ0v) is 19.0. The second-order valence-corrected chi connectivity index (χ2v) is 10.3. The maximum Gasteiger partial charge on any atom is 0.416 e. The van der Waals surface area contributed by atoms with Gasteiger partial charge in [-0.25, -0.2) is 0 Å². The highest BCUT2D eigenvalue weighted by atomic mass is 32.2. The van der Waals surface area contributed by atoms with Crippen LogP contribution in [0.3, 0.4) is 0 Å². The van der Waals surface area contributed by atoms with Gasteiger partial charge >= 0.3 is 6.18 Å². The molecule has 2 fully saturated rings. The van der Waals surface area contributed by atoms with Gasteiger partial charge in [-0.05, 0) is 67.5 Å². The first-order valence-corrected chi connectivity index (χ1v) is 12.5. The quantitative estimate of drug-likeness (QED) is 0.572. The van der Waals surface area contributed by atoms with E-state index in [0.29, 0.717) is 17.4 Å². The Balaban J connectivity index is 1.52. The molecule has 0 bridgehead atoms. The predicted molar refractivity (Wildman–Crippen MR) is 124 cm³/mol. The fourth-order valence-corrected chi connectivity index (χ4v) is 6.68. The summed E-state index contributed by atoms with van der Waals surface area (Å²) in [4.78, 5) is 6.50. The molecule has 1 saturated carbocycles. The van der Waals surface area contributed by atoms with E-state index in [1.54, 1.807) is 6.07 Å². The summed E-state index contributed by atoms with van der Waals surface area (Å²) in [6, 6.07) is 11.2. The highest BCUT2D eigenvalue weighted by molar-refractivity contribution is 7.99. The maximum absolute atomic E-state index is 13.5. The third-order valence-corrected chi connectivity index (χ3v) is 8.30. The lowest BCUT2D eigenvalue weighted by molar-refractivity contribution is -0.137. The molecule has 0 atom stereocenters. The number of rotatable bonds is 4. The molecule has 0 aromatic heterocycles. The Bertz CT molecular complexity index is 963. The molecule has 0 unspecified atom stereocenters. The number of likely N-dealkylation sites (tertiary alicyclic amines) is 1. The van der Waals surface area contributed by atoms with Gasteiger partial charge in [0.15, 0.2) is 0 Å². The normalized spacial score (nSPS) is 20.4. The van der Waals surface area contributed by atoms with Crippen molar-refractivity contribution in [3.05, 3.63) is 47.5 Å². The fourth-order valence-electron chi connectivity index (χ4n) is 5.52. The molecule has 172 valence electrons. The summed E-state index contributed by atoms with van der Waals surface area (Å²) >= 11 is 1.49. The van der Waals surface area contributed by atoms with Gasteiger partial charge in [0, 0.05) is 42.0 Å². The summed E-state index contributed by atoms with van der Waals surface area (Å²) in [5.41, 5.74) is 8.54. The van der Waals surface area contributed by atoms with Gasteiger partial charge in [-0.2, -0.15) is 13.2 Å². The molecule has 32 heavy (non-hydrogen) atoms. The molecule has 3 aliphatic rings. The smallest absolute Gasteiger partial charge is 0.336 e. The van der Waals surface area contributed by atoms with E-state index in [1.165, 1.54) is 55.1 Å². The number of alkyl halides is 3. The van der Waals surface area contributed by atoms with E-state index in [2.05, 4.69) is 28.0 Å². The molecule has 2 aromatic rings. The summed E-state index contributed by atoms with van der Waals surface area (Å²) in [5, 5.41) is 0. The van der Waals surface area contributed by atoms with E-state index in [9.17, 15) is 13.2 Å². The average Bonchev–Trinajstić information content (AvgIpc) is 3.32. The number of anilines is 2. The minimum atomic E-state index is -4.33. The lowest BCUT2D eigenvalue weighted by Gasteiger charge is -2.43. The van der Waals surface area contributed by atoms with Crippen LogP contribution in [-0.2, 0) is 6.18 Å². The SMILES string of the molecule is NCCN1CCC(N2c3ccc(C4CCCC4)cc3Sc3cc(C(F)(F)F)ccc32)CC1. The van der Waals surface area contributed by atoms with Crippen LogP contribution in [0.4, 0.5) is 24.5 Å². The molecule has 0 amide bonds. The number of nitrogens with two attached hydrogens (primary N) is 1. The van der Waals surface area contributed by atoms with Gasteiger partial charge in [0.25, 0.3) is 0 Å². The molecule has 2 aromatic carbocycles. The first kappa shape index (κ1) is 22.1. The molecule has 2 heterocycles. The molecule has 2 N–H and O–H groups in total. The summed E-state index contributed by atoms with van der Waals surface area (Å²) in [6.07, 6.45) is 2.58. The first-order valence-electron chi connectivity index (χ1n) is 11.7. The van der Waals surface area contributed by atoms with Crippen LogP contribution in [0, 0.1) is 0 Å². The van der Waals surface area contributed by atoms with Crippen molar-refractivity contribution < 1.29 is 13.2 Å². The molecule has 1 saturated heterocycles. The van der Waals surface area contributed by atoms with Crippen LogP contribution in [0.5, 0.6) is 0 Å². The van der Waals surface area contributed by atoms with Crippen molar-refractivity contribution in [2.75, 3.05) is 31.1 Å². The van der Waals surface area contributed by atoms with Crippen LogP contribution in [0.15, 0.2) is 46.2 Å². The number of nitrogens with zero attached hydrogens (tertiary/aromatic N) is 2. The standard InChI is InChI=1S/C25H30F3N3S/c26-25(27,28)19-6-8-22-24(16-19)32-23-15-18(17-3-1-2-4-17)5-7-21(23)31(22)20-9-12-30(13-10-20)14-11-29/h5-8,15-17,20H,1-4,9-14,29H2. The fraction of sp³-hybridized carbons (Fsp3) is 0.520. The Labute approximate surface area is 192 Å². The largest absolute Gasteiger partial charge is 0.416 e. The van der Waals surface area contributed by atoms with Crippen molar-refractivity contribution in [1.82, 2.24) is 4.90 Å². The number of piperidine rings is 1. The van der Waals surface area contributed by atoms with Crippen LogP contribution in [0.25, 0.3) is 0 Å². The molecular formula is C25H30F3N3S. The van der Waals surface area contributed by atoms with Crippen LogP contribution in [0.2, 0.25) is 0 Å². The zero-order chi connectivity index (χ0) is 22.3. The second kappa shape index (κ2) is 8.92. The molecule has 7 heteroatoms. The lowest BCUT2D eigenvalue weighted by Crippen LogP contribution is -2.45. The van der Waals surface area contributed by atoms with Gasteiger partial charge in [0.1, 0.15) is 0 Å². The van der Waals surface area contributed by atoms with Crippen molar-refractivity contribution >= 4 is 23.1 Å². The van der Waals surface area contributed by atoms with Gasteiger partial charge < -0.3 is 15.5 Å². The second-order valence-electron chi connectivity index (χ2n) is 9.22. The van der Waals surface area contributed by atoms with E-state index >= 15 is 0 Å². The summed E-state index contributed by atoms with van der Waals surface area (Å²) in [5.74, 6) is 0.580. The Morgan fingerprint density at radius 2 is 1.56 bits per heavy atom. The van der Waals surface area contributed by atoms with Gasteiger partial charge in [0.2, 0.25) is 0 Å². The Kier molecular flexibility index (Phi) is 6.16. The molecular weight excluding hydrogens is 431 g/mol. The number of hydrogen-bond donors (Lipinski definition) is 1. The van der Waals surface area contributed by atoms with Gasteiger partial charge in [0.05, 0.1) is 16.9 Å². The number of halogens is 3. The Hall–Kier alpha value is -1.70. The molecule has 0 radical (unpaired) electrons.